The molecule has 17 heavy (non-hydrogen) atoms. The van der Waals surface area contributed by atoms with Crippen LogP contribution in [0.4, 0.5) is 0 Å². The molecule has 0 aromatic carbocycles. The smallest absolute Gasteiger partial charge is 0.237 e. The van der Waals surface area contributed by atoms with E-state index in [4.69, 9.17) is 5.73 Å². The van der Waals surface area contributed by atoms with Crippen molar-refractivity contribution in [1.82, 2.24) is 15.3 Å². The summed E-state index contributed by atoms with van der Waals surface area (Å²) in [7, 11) is 0. The van der Waals surface area contributed by atoms with Crippen LogP contribution in [-0.4, -0.2) is 33.9 Å². The van der Waals surface area contributed by atoms with Crippen LogP contribution < -0.4 is 11.1 Å². The summed E-state index contributed by atoms with van der Waals surface area (Å²) in [6.45, 7) is 2.00. The lowest BCUT2D eigenvalue weighted by Gasteiger charge is -2.17. The van der Waals surface area contributed by atoms with E-state index in [0.717, 1.165) is 18.0 Å². The Morgan fingerprint density at radius 1 is 1.71 bits per heavy atom. The molecule has 0 aliphatic carbocycles. The lowest BCUT2D eigenvalue weighted by atomic mass is 10.1. The fourth-order valence-corrected chi connectivity index (χ4v) is 1.98. The molecule has 0 radical (unpaired) electrons. The molecule has 4 N–H and O–H groups in total. The standard InChI is InChI=1S/C11H20N4OS/c1-3-9(10-13-5-6-14-10)15-11(16)8(12)4-7-17-2/h5-6,8-9H,3-4,7,12H2,1-2H3,(H,13,14)(H,15,16)/t8-,9?/m0/s1. The SMILES string of the molecule is CCC(NC(=O)[C@@H](N)CCSC)c1ncc[nH]1. The summed E-state index contributed by atoms with van der Waals surface area (Å²) >= 11 is 1.69. The summed E-state index contributed by atoms with van der Waals surface area (Å²) in [5.41, 5.74) is 5.80. The Balaban J connectivity index is 2.48. The van der Waals surface area contributed by atoms with Gasteiger partial charge < -0.3 is 16.0 Å². The van der Waals surface area contributed by atoms with Crippen LogP contribution in [0.25, 0.3) is 0 Å². The molecule has 0 spiro atoms. The van der Waals surface area contributed by atoms with Crippen molar-refractivity contribution in [2.75, 3.05) is 12.0 Å². The summed E-state index contributed by atoms with van der Waals surface area (Å²) in [6.07, 6.45) is 6.91. The highest BCUT2D eigenvalue weighted by Gasteiger charge is 2.19. The van der Waals surface area contributed by atoms with Crippen LogP contribution in [0.5, 0.6) is 0 Å². The van der Waals surface area contributed by atoms with Gasteiger partial charge in [-0.3, -0.25) is 4.79 Å². The highest BCUT2D eigenvalue weighted by Crippen LogP contribution is 2.11. The Morgan fingerprint density at radius 2 is 2.47 bits per heavy atom. The summed E-state index contributed by atoms with van der Waals surface area (Å²) in [5, 5.41) is 2.91. The van der Waals surface area contributed by atoms with Gasteiger partial charge in [0.1, 0.15) is 5.82 Å². The largest absolute Gasteiger partial charge is 0.347 e. The number of aromatic nitrogens is 2. The van der Waals surface area contributed by atoms with Gasteiger partial charge in [-0.1, -0.05) is 6.92 Å². The molecule has 1 aromatic heterocycles. The molecule has 6 heteroatoms. The normalized spacial score (nSPS) is 14.3. The molecule has 1 unspecified atom stereocenters. The molecule has 1 amide bonds. The third-order valence-electron chi connectivity index (χ3n) is 2.54. The van der Waals surface area contributed by atoms with E-state index in [-0.39, 0.29) is 11.9 Å². The number of H-pyrrole nitrogens is 1. The second-order valence-corrected chi connectivity index (χ2v) is 4.82. The molecule has 0 bridgehead atoms. The molecule has 1 rings (SSSR count). The van der Waals surface area contributed by atoms with Gasteiger partial charge in [0.25, 0.3) is 0 Å². The van der Waals surface area contributed by atoms with Gasteiger partial charge in [0.05, 0.1) is 12.1 Å². The lowest BCUT2D eigenvalue weighted by molar-refractivity contribution is -0.123. The fourth-order valence-electron chi connectivity index (χ4n) is 1.49. The first kappa shape index (κ1) is 14.1. The van der Waals surface area contributed by atoms with Crippen molar-refractivity contribution in [2.45, 2.75) is 31.8 Å². The van der Waals surface area contributed by atoms with Crippen LogP contribution in [0.1, 0.15) is 31.6 Å². The zero-order valence-electron chi connectivity index (χ0n) is 10.3. The topological polar surface area (TPSA) is 83.8 Å². The second kappa shape index (κ2) is 7.34. The van der Waals surface area contributed by atoms with Crippen molar-refractivity contribution in [3.05, 3.63) is 18.2 Å². The highest BCUT2D eigenvalue weighted by atomic mass is 32.2. The molecular formula is C11H20N4OS. The maximum Gasteiger partial charge on any atom is 0.237 e. The number of hydrogen-bond acceptors (Lipinski definition) is 4. The first-order chi connectivity index (χ1) is 8.19. The monoisotopic (exact) mass is 256 g/mol. The Labute approximate surface area is 106 Å². The average molecular weight is 256 g/mol. The van der Waals surface area contributed by atoms with Gasteiger partial charge in [-0.2, -0.15) is 11.8 Å². The lowest BCUT2D eigenvalue weighted by Crippen LogP contribution is -2.42. The number of aromatic amines is 1. The Bertz CT molecular complexity index is 328. The van der Waals surface area contributed by atoms with Gasteiger partial charge in [0, 0.05) is 12.4 Å². The Morgan fingerprint density at radius 3 is 3.00 bits per heavy atom. The van der Waals surface area contributed by atoms with Crippen molar-refractivity contribution in [3.63, 3.8) is 0 Å². The van der Waals surface area contributed by atoms with Crippen LogP contribution in [0.2, 0.25) is 0 Å². The van der Waals surface area contributed by atoms with E-state index in [1.807, 2.05) is 13.2 Å². The number of amides is 1. The number of thioether (sulfide) groups is 1. The quantitative estimate of drug-likeness (QED) is 0.681. The molecule has 0 saturated heterocycles. The average Bonchev–Trinajstić information content (AvgIpc) is 2.86. The van der Waals surface area contributed by atoms with E-state index in [2.05, 4.69) is 15.3 Å². The van der Waals surface area contributed by atoms with E-state index in [1.54, 1.807) is 24.2 Å². The first-order valence-corrected chi connectivity index (χ1v) is 7.12. The minimum Gasteiger partial charge on any atom is -0.347 e. The molecule has 1 heterocycles. The van der Waals surface area contributed by atoms with Crippen LogP contribution in [-0.2, 0) is 4.79 Å². The van der Waals surface area contributed by atoms with Crippen LogP contribution in [0, 0.1) is 0 Å². The van der Waals surface area contributed by atoms with Crippen LogP contribution >= 0.6 is 11.8 Å². The minimum absolute atomic E-state index is 0.0853. The van der Waals surface area contributed by atoms with Gasteiger partial charge in [-0.15, -0.1) is 0 Å². The third kappa shape index (κ3) is 4.40. The van der Waals surface area contributed by atoms with E-state index in [0.29, 0.717) is 6.42 Å². The Hall–Kier alpha value is -1.01. The van der Waals surface area contributed by atoms with Gasteiger partial charge in [-0.05, 0) is 24.9 Å². The van der Waals surface area contributed by atoms with Crippen molar-refractivity contribution in [1.29, 1.82) is 0 Å². The second-order valence-electron chi connectivity index (χ2n) is 3.83. The van der Waals surface area contributed by atoms with Crippen molar-refractivity contribution in [3.8, 4) is 0 Å². The zero-order chi connectivity index (χ0) is 12.7. The molecule has 1 aromatic rings. The van der Waals surface area contributed by atoms with E-state index in [9.17, 15) is 4.79 Å². The maximum atomic E-state index is 11.8. The molecular weight excluding hydrogens is 236 g/mol. The number of hydrogen-bond donors (Lipinski definition) is 3. The van der Waals surface area contributed by atoms with Crippen LogP contribution in [0.15, 0.2) is 12.4 Å². The van der Waals surface area contributed by atoms with E-state index < -0.39 is 6.04 Å². The summed E-state index contributed by atoms with van der Waals surface area (Å²) in [6, 6.07) is -0.524. The zero-order valence-corrected chi connectivity index (χ0v) is 11.1. The number of carbonyl (C=O) groups is 1. The summed E-state index contributed by atoms with van der Waals surface area (Å²) in [4.78, 5) is 19.0. The molecule has 0 aliphatic heterocycles. The molecule has 0 fully saturated rings. The fraction of sp³-hybridized carbons (Fsp3) is 0.636. The van der Waals surface area contributed by atoms with Crippen molar-refractivity contribution in [2.24, 2.45) is 5.73 Å². The Kier molecular flexibility index (Phi) is 6.07. The maximum absolute atomic E-state index is 11.8. The number of imidazole rings is 1. The van der Waals surface area contributed by atoms with E-state index >= 15 is 0 Å². The minimum atomic E-state index is -0.438. The van der Waals surface area contributed by atoms with E-state index in [1.165, 1.54) is 0 Å². The number of nitrogens with zero attached hydrogens (tertiary/aromatic N) is 1. The number of rotatable bonds is 7. The van der Waals surface area contributed by atoms with Gasteiger partial charge in [0.2, 0.25) is 5.91 Å². The predicted molar refractivity (Wildman–Crippen MR) is 70.7 cm³/mol. The van der Waals surface area contributed by atoms with Gasteiger partial charge in [-0.25, -0.2) is 4.98 Å². The number of carbonyl (C=O) groups excluding carboxylic acids is 1. The molecule has 0 aliphatic rings. The number of nitrogens with one attached hydrogen (secondary N) is 2. The van der Waals surface area contributed by atoms with Gasteiger partial charge >= 0.3 is 0 Å². The van der Waals surface area contributed by atoms with Crippen molar-refractivity contribution < 1.29 is 4.79 Å². The summed E-state index contributed by atoms with van der Waals surface area (Å²) < 4.78 is 0. The molecule has 96 valence electrons. The number of nitrogens with two attached hydrogens (primary N) is 1. The summed E-state index contributed by atoms with van der Waals surface area (Å²) in [5.74, 6) is 1.56. The van der Waals surface area contributed by atoms with Crippen LogP contribution in [0.3, 0.4) is 0 Å². The van der Waals surface area contributed by atoms with Gasteiger partial charge in [0.15, 0.2) is 0 Å². The third-order valence-corrected chi connectivity index (χ3v) is 3.19. The molecule has 2 atom stereocenters. The molecule has 0 saturated carbocycles. The predicted octanol–water partition coefficient (Wildman–Crippen LogP) is 1.06. The van der Waals surface area contributed by atoms with Crippen molar-refractivity contribution >= 4 is 17.7 Å². The molecule has 5 nitrogen and oxygen atoms in total. The highest BCUT2D eigenvalue weighted by molar-refractivity contribution is 7.98. The first-order valence-electron chi connectivity index (χ1n) is 5.73.